The van der Waals surface area contributed by atoms with Gasteiger partial charge in [0.05, 0.1) is 11.3 Å². The molecule has 0 heterocycles. The summed E-state index contributed by atoms with van der Waals surface area (Å²) in [7, 11) is 0. The Kier molecular flexibility index (Phi) is 7.32. The Morgan fingerprint density at radius 1 is 1.07 bits per heavy atom. The number of benzene rings is 2. The summed E-state index contributed by atoms with van der Waals surface area (Å²) in [6, 6.07) is 12.6. The van der Waals surface area contributed by atoms with Crippen LogP contribution in [0.15, 0.2) is 54.6 Å². The second kappa shape index (κ2) is 10.3. The van der Waals surface area contributed by atoms with Gasteiger partial charge in [0.15, 0.2) is 6.61 Å². The van der Waals surface area contributed by atoms with Gasteiger partial charge in [-0.05, 0) is 48.7 Å². The third-order valence-electron chi connectivity index (χ3n) is 4.74. The second-order valence-corrected chi connectivity index (χ2v) is 7.04. The number of para-hydroxylation sites is 1. The minimum atomic E-state index is -0.735. The lowest BCUT2D eigenvalue weighted by atomic mass is 10.1. The van der Waals surface area contributed by atoms with E-state index in [0.717, 1.165) is 31.8 Å². The molecule has 0 unspecified atom stereocenters. The van der Waals surface area contributed by atoms with Gasteiger partial charge in [-0.1, -0.05) is 37.1 Å². The molecule has 6 nitrogen and oxygen atoms in total. The van der Waals surface area contributed by atoms with Crippen LogP contribution in [0.1, 0.15) is 41.6 Å². The van der Waals surface area contributed by atoms with E-state index in [-0.39, 0.29) is 11.9 Å². The van der Waals surface area contributed by atoms with Crippen molar-refractivity contribution in [2.24, 2.45) is 0 Å². The lowest BCUT2D eigenvalue weighted by Crippen LogP contribution is -2.33. The zero-order chi connectivity index (χ0) is 21.3. The molecule has 7 heteroatoms. The van der Waals surface area contributed by atoms with Crippen molar-refractivity contribution in [3.05, 3.63) is 71.6 Å². The molecule has 1 saturated carbocycles. The molecule has 0 bridgehead atoms. The molecule has 1 aliphatic rings. The average molecular weight is 410 g/mol. The first-order valence-electron chi connectivity index (χ1n) is 9.81. The number of esters is 1. The van der Waals surface area contributed by atoms with Crippen LogP contribution in [0.25, 0.3) is 6.08 Å². The van der Waals surface area contributed by atoms with E-state index in [1.165, 1.54) is 24.3 Å². The van der Waals surface area contributed by atoms with Crippen molar-refractivity contribution in [2.45, 2.75) is 31.7 Å². The molecule has 2 aromatic rings. The van der Waals surface area contributed by atoms with Crippen LogP contribution in [0.4, 0.5) is 10.1 Å². The van der Waals surface area contributed by atoms with Crippen molar-refractivity contribution in [3.8, 4) is 0 Å². The molecule has 2 amide bonds. The van der Waals surface area contributed by atoms with E-state index in [1.807, 2.05) is 0 Å². The summed E-state index contributed by atoms with van der Waals surface area (Å²) in [4.78, 5) is 36.5. The Bertz CT molecular complexity index is 952. The summed E-state index contributed by atoms with van der Waals surface area (Å²) < 4.78 is 18.0. The first-order valence-corrected chi connectivity index (χ1v) is 9.81. The SMILES string of the molecule is O=C(COC(=O)/C=C/c1cccc(F)c1)Nc1ccccc1C(=O)NC1CCCC1. The molecule has 0 aromatic heterocycles. The van der Waals surface area contributed by atoms with Crippen LogP contribution < -0.4 is 10.6 Å². The highest BCUT2D eigenvalue weighted by atomic mass is 19.1. The van der Waals surface area contributed by atoms with Gasteiger partial charge in [0.2, 0.25) is 0 Å². The molecule has 1 fully saturated rings. The predicted octanol–water partition coefficient (Wildman–Crippen LogP) is 3.69. The first kappa shape index (κ1) is 21.2. The number of amides is 2. The van der Waals surface area contributed by atoms with Gasteiger partial charge >= 0.3 is 5.97 Å². The summed E-state index contributed by atoms with van der Waals surface area (Å²) >= 11 is 0. The van der Waals surface area contributed by atoms with E-state index in [2.05, 4.69) is 10.6 Å². The van der Waals surface area contributed by atoms with Crippen LogP contribution >= 0.6 is 0 Å². The molecule has 3 rings (SSSR count). The van der Waals surface area contributed by atoms with Gasteiger partial charge in [-0.15, -0.1) is 0 Å². The molecule has 1 aliphatic carbocycles. The number of ether oxygens (including phenoxy) is 1. The van der Waals surface area contributed by atoms with Gasteiger partial charge in [0.1, 0.15) is 5.82 Å². The topological polar surface area (TPSA) is 84.5 Å². The Morgan fingerprint density at radius 2 is 1.83 bits per heavy atom. The van der Waals surface area contributed by atoms with E-state index in [9.17, 15) is 18.8 Å². The number of halogens is 1. The monoisotopic (exact) mass is 410 g/mol. The maximum Gasteiger partial charge on any atom is 0.331 e. The third-order valence-corrected chi connectivity index (χ3v) is 4.74. The average Bonchev–Trinajstić information content (AvgIpc) is 3.24. The van der Waals surface area contributed by atoms with E-state index >= 15 is 0 Å². The molecule has 0 radical (unpaired) electrons. The number of carbonyl (C=O) groups is 3. The van der Waals surface area contributed by atoms with Crippen LogP contribution in [-0.2, 0) is 14.3 Å². The van der Waals surface area contributed by atoms with E-state index in [1.54, 1.807) is 30.3 Å². The van der Waals surface area contributed by atoms with E-state index < -0.39 is 24.3 Å². The molecular weight excluding hydrogens is 387 g/mol. The zero-order valence-corrected chi connectivity index (χ0v) is 16.4. The maximum absolute atomic E-state index is 13.1. The van der Waals surface area contributed by atoms with Crippen molar-refractivity contribution in [2.75, 3.05) is 11.9 Å². The van der Waals surface area contributed by atoms with Crippen molar-refractivity contribution in [1.82, 2.24) is 5.32 Å². The molecule has 0 saturated heterocycles. The number of nitrogens with one attached hydrogen (secondary N) is 2. The summed E-state index contributed by atoms with van der Waals surface area (Å²) in [5, 5.41) is 5.59. The van der Waals surface area contributed by atoms with E-state index in [4.69, 9.17) is 4.74 Å². The summed E-state index contributed by atoms with van der Waals surface area (Å²) in [5.74, 6) is -1.96. The maximum atomic E-state index is 13.1. The number of anilines is 1. The third kappa shape index (κ3) is 6.27. The van der Waals surface area contributed by atoms with Crippen LogP contribution in [0, 0.1) is 5.82 Å². The number of hydrogen-bond donors (Lipinski definition) is 2. The lowest BCUT2D eigenvalue weighted by Gasteiger charge is -2.15. The van der Waals surface area contributed by atoms with Crippen LogP contribution in [0.2, 0.25) is 0 Å². The van der Waals surface area contributed by atoms with Crippen molar-refractivity contribution < 1.29 is 23.5 Å². The Morgan fingerprint density at radius 3 is 2.60 bits per heavy atom. The first-order chi connectivity index (χ1) is 14.5. The van der Waals surface area contributed by atoms with Crippen molar-refractivity contribution >= 4 is 29.5 Å². The number of rotatable bonds is 7. The molecule has 2 N–H and O–H groups in total. The fourth-order valence-electron chi connectivity index (χ4n) is 3.27. The van der Waals surface area contributed by atoms with Gasteiger partial charge in [0, 0.05) is 12.1 Å². The molecule has 2 aromatic carbocycles. The minimum Gasteiger partial charge on any atom is -0.452 e. The summed E-state index contributed by atoms with van der Waals surface area (Å²) in [5.41, 5.74) is 1.21. The minimum absolute atomic E-state index is 0.159. The van der Waals surface area contributed by atoms with Gasteiger partial charge < -0.3 is 15.4 Å². The smallest absolute Gasteiger partial charge is 0.331 e. The normalized spacial score (nSPS) is 13.9. The Balaban J connectivity index is 1.52. The molecule has 30 heavy (non-hydrogen) atoms. The fraction of sp³-hybridized carbons (Fsp3) is 0.261. The van der Waals surface area contributed by atoms with Crippen molar-refractivity contribution in [1.29, 1.82) is 0 Å². The van der Waals surface area contributed by atoms with Gasteiger partial charge in [0.25, 0.3) is 11.8 Å². The van der Waals surface area contributed by atoms with Crippen LogP contribution in [-0.4, -0.2) is 30.4 Å². The van der Waals surface area contributed by atoms with E-state index in [0.29, 0.717) is 16.8 Å². The Hall–Kier alpha value is -3.48. The highest BCUT2D eigenvalue weighted by Gasteiger charge is 2.20. The van der Waals surface area contributed by atoms with Gasteiger partial charge in [-0.25, -0.2) is 9.18 Å². The summed E-state index contributed by atoms with van der Waals surface area (Å²) in [6.07, 6.45) is 6.63. The van der Waals surface area contributed by atoms with Gasteiger partial charge in [-0.3, -0.25) is 9.59 Å². The van der Waals surface area contributed by atoms with Crippen molar-refractivity contribution in [3.63, 3.8) is 0 Å². The molecule has 0 spiro atoms. The van der Waals surface area contributed by atoms with Gasteiger partial charge in [-0.2, -0.15) is 0 Å². The highest BCUT2D eigenvalue weighted by Crippen LogP contribution is 2.20. The number of carbonyl (C=O) groups excluding carboxylic acids is 3. The standard InChI is InChI=1S/C23H23FN2O4/c24-17-7-5-6-16(14-17)12-13-22(28)30-15-21(27)26-20-11-4-3-10-19(20)23(29)25-18-8-1-2-9-18/h3-7,10-14,18H,1-2,8-9,15H2,(H,25,29)(H,26,27)/b13-12+. The fourth-order valence-corrected chi connectivity index (χ4v) is 3.27. The zero-order valence-electron chi connectivity index (χ0n) is 16.4. The molecule has 156 valence electrons. The quantitative estimate of drug-likeness (QED) is 0.539. The second-order valence-electron chi connectivity index (χ2n) is 7.04. The summed E-state index contributed by atoms with van der Waals surface area (Å²) in [6.45, 7) is -0.509. The van der Waals surface area contributed by atoms with Crippen LogP contribution in [0.5, 0.6) is 0 Å². The Labute approximate surface area is 174 Å². The van der Waals surface area contributed by atoms with Crippen LogP contribution in [0.3, 0.4) is 0 Å². The largest absolute Gasteiger partial charge is 0.452 e. The molecule has 0 atom stereocenters. The number of hydrogen-bond acceptors (Lipinski definition) is 4. The predicted molar refractivity (Wildman–Crippen MR) is 111 cm³/mol. The molecule has 0 aliphatic heterocycles. The lowest BCUT2D eigenvalue weighted by molar-refractivity contribution is -0.142. The highest BCUT2D eigenvalue weighted by molar-refractivity contribution is 6.04. The molecular formula is C23H23FN2O4.